The molecule has 5 rings (SSSR count). The van der Waals surface area contributed by atoms with E-state index in [4.69, 9.17) is 23.2 Å². The lowest BCUT2D eigenvalue weighted by Crippen LogP contribution is -2.33. The minimum atomic E-state index is -0.328. The van der Waals surface area contributed by atoms with Crippen LogP contribution in [0.1, 0.15) is 40.6 Å². The Morgan fingerprint density at radius 1 is 1.06 bits per heavy atom. The van der Waals surface area contributed by atoms with Gasteiger partial charge < -0.3 is 4.57 Å². The monoisotopic (exact) mass is 523 g/mol. The molecule has 0 saturated heterocycles. The summed E-state index contributed by atoms with van der Waals surface area (Å²) in [6.45, 7) is 8.39. The SMILES string of the molecule is CCc1c(C)nc2s/c(=C\c3c(C)n(Cc4ccc(Cl)cc4Cl)c4c(C)cccc34)c(=O)n2c1=O. The Hall–Kier alpha value is -2.93. The lowest BCUT2D eigenvalue weighted by Gasteiger charge is -2.12. The van der Waals surface area contributed by atoms with Crippen molar-refractivity contribution < 1.29 is 0 Å². The summed E-state index contributed by atoms with van der Waals surface area (Å²) in [7, 11) is 0. The zero-order valence-electron chi connectivity index (χ0n) is 19.8. The molecule has 5 aromatic rings. The molecule has 0 aliphatic carbocycles. The van der Waals surface area contributed by atoms with Crippen molar-refractivity contribution in [1.29, 1.82) is 0 Å². The van der Waals surface area contributed by atoms with Gasteiger partial charge in [0, 0.05) is 44.5 Å². The van der Waals surface area contributed by atoms with Gasteiger partial charge in [0.2, 0.25) is 4.96 Å². The number of aromatic nitrogens is 3. The van der Waals surface area contributed by atoms with Crippen LogP contribution in [0, 0.1) is 20.8 Å². The second-order valence-electron chi connectivity index (χ2n) is 8.66. The first kappa shape index (κ1) is 23.8. The van der Waals surface area contributed by atoms with Crippen molar-refractivity contribution in [1.82, 2.24) is 14.0 Å². The van der Waals surface area contributed by atoms with Gasteiger partial charge in [0.25, 0.3) is 11.1 Å². The van der Waals surface area contributed by atoms with E-state index in [1.54, 1.807) is 6.07 Å². The first-order chi connectivity index (χ1) is 16.7. The van der Waals surface area contributed by atoms with Crippen LogP contribution in [0.2, 0.25) is 10.0 Å². The summed E-state index contributed by atoms with van der Waals surface area (Å²) < 4.78 is 3.90. The topological polar surface area (TPSA) is 56.4 Å². The average molecular weight is 524 g/mol. The number of aryl methyl sites for hydroxylation is 2. The molecule has 0 saturated carbocycles. The molecule has 178 valence electrons. The van der Waals surface area contributed by atoms with Crippen molar-refractivity contribution in [2.45, 2.75) is 40.7 Å². The van der Waals surface area contributed by atoms with Crippen molar-refractivity contribution in [3.63, 3.8) is 0 Å². The predicted octanol–water partition coefficient (Wildman–Crippen LogP) is 5.46. The van der Waals surface area contributed by atoms with Gasteiger partial charge in [-0.05, 0) is 56.5 Å². The molecule has 3 aromatic heterocycles. The first-order valence-electron chi connectivity index (χ1n) is 11.3. The largest absolute Gasteiger partial charge is 0.340 e. The van der Waals surface area contributed by atoms with E-state index in [-0.39, 0.29) is 11.1 Å². The molecule has 0 fully saturated rings. The molecule has 3 heterocycles. The van der Waals surface area contributed by atoms with Gasteiger partial charge >= 0.3 is 0 Å². The predicted molar refractivity (Wildman–Crippen MR) is 145 cm³/mol. The molecule has 5 nitrogen and oxygen atoms in total. The highest BCUT2D eigenvalue weighted by atomic mass is 35.5. The summed E-state index contributed by atoms with van der Waals surface area (Å²) in [5, 5.41) is 2.24. The molecule has 0 spiro atoms. The van der Waals surface area contributed by atoms with Crippen molar-refractivity contribution in [3.05, 3.63) is 105 Å². The van der Waals surface area contributed by atoms with Gasteiger partial charge in [-0.25, -0.2) is 9.38 Å². The summed E-state index contributed by atoms with van der Waals surface area (Å²) >= 11 is 13.8. The number of fused-ring (bicyclic) bond motifs is 2. The molecule has 8 heteroatoms. The number of thiazole rings is 1. The molecule has 2 aromatic carbocycles. The van der Waals surface area contributed by atoms with E-state index in [2.05, 4.69) is 28.6 Å². The maximum Gasteiger partial charge on any atom is 0.277 e. The Bertz CT molecular complexity index is 1820. The normalized spacial score (nSPS) is 12.3. The highest BCUT2D eigenvalue weighted by Gasteiger charge is 2.18. The number of nitrogens with zero attached hydrogens (tertiary/aromatic N) is 3. The molecular weight excluding hydrogens is 501 g/mol. The van der Waals surface area contributed by atoms with Crippen molar-refractivity contribution >= 4 is 56.5 Å². The highest BCUT2D eigenvalue weighted by molar-refractivity contribution is 7.15. The van der Waals surface area contributed by atoms with Crippen LogP contribution >= 0.6 is 34.5 Å². The van der Waals surface area contributed by atoms with Crippen molar-refractivity contribution in [3.8, 4) is 0 Å². The molecule has 0 bridgehead atoms. The Morgan fingerprint density at radius 2 is 1.83 bits per heavy atom. The number of hydrogen-bond acceptors (Lipinski definition) is 4. The number of benzene rings is 2. The van der Waals surface area contributed by atoms with Gasteiger partial charge in [0.15, 0.2) is 0 Å². The van der Waals surface area contributed by atoms with Gasteiger partial charge in [0.05, 0.1) is 10.0 Å². The molecular formula is C27H23Cl2N3O2S. The van der Waals surface area contributed by atoms with Crippen LogP contribution in [0.25, 0.3) is 21.9 Å². The third-order valence-corrected chi connectivity index (χ3v) is 8.09. The van der Waals surface area contributed by atoms with Gasteiger partial charge in [-0.2, -0.15) is 0 Å². The standard InChI is InChI=1S/C27H23Cl2N3O2S/c1-5-19-15(3)30-27-32(25(19)33)26(34)23(35-27)12-21-16(4)31(24-14(2)7-6-8-20(21)24)13-17-9-10-18(28)11-22(17)29/h6-12H,5,13H2,1-4H3/b23-12-. The van der Waals surface area contributed by atoms with E-state index >= 15 is 0 Å². The van der Waals surface area contributed by atoms with E-state index in [1.807, 2.05) is 45.0 Å². The Balaban J connectivity index is 1.78. The number of hydrogen-bond donors (Lipinski definition) is 0. The smallest absolute Gasteiger partial charge is 0.277 e. The van der Waals surface area contributed by atoms with Gasteiger partial charge in [-0.15, -0.1) is 0 Å². The third-order valence-electron chi connectivity index (χ3n) is 6.53. The van der Waals surface area contributed by atoms with Crippen molar-refractivity contribution in [2.75, 3.05) is 0 Å². The first-order valence-corrected chi connectivity index (χ1v) is 12.9. The molecule has 0 aliphatic heterocycles. The zero-order valence-corrected chi connectivity index (χ0v) is 22.1. The van der Waals surface area contributed by atoms with E-state index in [0.29, 0.717) is 43.8 Å². The van der Waals surface area contributed by atoms with Crippen LogP contribution in [0.15, 0.2) is 46.0 Å². The fraction of sp³-hybridized carbons (Fsp3) is 0.222. The highest BCUT2D eigenvalue weighted by Crippen LogP contribution is 2.31. The average Bonchev–Trinajstić information content (AvgIpc) is 3.25. The second-order valence-corrected chi connectivity index (χ2v) is 10.5. The lowest BCUT2D eigenvalue weighted by atomic mass is 10.1. The quantitative estimate of drug-likeness (QED) is 0.314. The molecule has 35 heavy (non-hydrogen) atoms. The summed E-state index contributed by atoms with van der Waals surface area (Å²) in [5.74, 6) is 0. The fourth-order valence-electron chi connectivity index (χ4n) is 4.71. The Labute approximate surface area is 215 Å². The van der Waals surface area contributed by atoms with Gasteiger partial charge in [0.1, 0.15) is 0 Å². The molecule has 0 N–H and O–H groups in total. The van der Waals surface area contributed by atoms with E-state index < -0.39 is 0 Å². The summed E-state index contributed by atoms with van der Waals surface area (Å²) in [4.78, 5) is 31.2. The number of halogens is 2. The minimum absolute atomic E-state index is 0.275. The van der Waals surface area contributed by atoms with Crippen LogP contribution in [-0.4, -0.2) is 14.0 Å². The van der Waals surface area contributed by atoms with Gasteiger partial charge in [-0.1, -0.05) is 65.7 Å². The molecule has 0 aliphatic rings. The van der Waals surface area contributed by atoms with Crippen LogP contribution in [0.5, 0.6) is 0 Å². The molecule has 0 atom stereocenters. The van der Waals surface area contributed by atoms with Crippen LogP contribution < -0.4 is 15.7 Å². The van der Waals surface area contributed by atoms with Crippen LogP contribution in [-0.2, 0) is 13.0 Å². The van der Waals surface area contributed by atoms with Crippen LogP contribution in [0.4, 0.5) is 0 Å². The summed E-state index contributed by atoms with van der Waals surface area (Å²) in [6, 6.07) is 11.7. The van der Waals surface area contributed by atoms with E-state index in [0.717, 1.165) is 33.3 Å². The zero-order chi connectivity index (χ0) is 25.0. The maximum absolute atomic E-state index is 13.3. The van der Waals surface area contributed by atoms with E-state index in [1.165, 1.54) is 15.7 Å². The second kappa shape index (κ2) is 8.94. The third kappa shape index (κ3) is 3.90. The fourth-order valence-corrected chi connectivity index (χ4v) is 6.17. The molecule has 0 radical (unpaired) electrons. The lowest BCUT2D eigenvalue weighted by molar-refractivity contribution is 0.802. The summed E-state index contributed by atoms with van der Waals surface area (Å²) in [6.07, 6.45) is 2.42. The summed E-state index contributed by atoms with van der Waals surface area (Å²) in [5.41, 5.74) is 5.75. The Kier molecular flexibility index (Phi) is 6.08. The maximum atomic E-state index is 13.3. The van der Waals surface area contributed by atoms with E-state index in [9.17, 15) is 9.59 Å². The molecule has 0 amide bonds. The number of para-hydroxylation sites is 1. The Morgan fingerprint density at radius 3 is 2.54 bits per heavy atom. The minimum Gasteiger partial charge on any atom is -0.340 e. The van der Waals surface area contributed by atoms with Crippen molar-refractivity contribution in [2.24, 2.45) is 0 Å². The molecule has 0 unspecified atom stereocenters. The number of rotatable bonds is 4. The van der Waals surface area contributed by atoms with Crippen LogP contribution in [0.3, 0.4) is 0 Å². The van der Waals surface area contributed by atoms with Gasteiger partial charge in [-0.3, -0.25) is 9.59 Å².